The number of hydrogen-bond acceptors (Lipinski definition) is 3. The number of pyridine rings is 1. The molecule has 0 aliphatic heterocycles. The summed E-state index contributed by atoms with van der Waals surface area (Å²) in [6.07, 6.45) is 4.35. The molecule has 2 rings (SSSR count). The molecular weight excluding hydrogens is 224 g/mol. The van der Waals surface area contributed by atoms with Gasteiger partial charge >= 0.3 is 0 Å². The maximum absolute atomic E-state index is 5.80. The Morgan fingerprint density at radius 3 is 2.61 bits per heavy atom. The molecule has 0 saturated heterocycles. The SMILES string of the molecule is Cc1ccc(Oc2cncc(CCN)c2)cc1C. The molecule has 0 aliphatic carbocycles. The fourth-order valence-electron chi connectivity index (χ4n) is 1.74. The Balaban J connectivity index is 2.17. The molecule has 3 nitrogen and oxygen atoms in total. The first kappa shape index (κ1) is 12.6. The van der Waals surface area contributed by atoms with Gasteiger partial charge in [0.1, 0.15) is 11.5 Å². The van der Waals surface area contributed by atoms with Crippen molar-refractivity contribution in [2.75, 3.05) is 6.54 Å². The van der Waals surface area contributed by atoms with Crippen molar-refractivity contribution in [1.29, 1.82) is 0 Å². The fourth-order valence-corrected chi connectivity index (χ4v) is 1.74. The third kappa shape index (κ3) is 3.08. The molecule has 0 spiro atoms. The summed E-state index contributed by atoms with van der Waals surface area (Å²) in [5.74, 6) is 1.59. The average Bonchev–Trinajstić information content (AvgIpc) is 2.35. The molecule has 2 N–H and O–H groups in total. The monoisotopic (exact) mass is 242 g/mol. The van der Waals surface area contributed by atoms with Crippen LogP contribution in [-0.4, -0.2) is 11.5 Å². The lowest BCUT2D eigenvalue weighted by Gasteiger charge is -2.08. The summed E-state index contributed by atoms with van der Waals surface area (Å²) in [7, 11) is 0. The Morgan fingerprint density at radius 2 is 1.89 bits per heavy atom. The Kier molecular flexibility index (Phi) is 3.95. The lowest BCUT2D eigenvalue weighted by molar-refractivity contribution is 0.479. The van der Waals surface area contributed by atoms with Gasteiger partial charge in [-0.3, -0.25) is 4.98 Å². The number of benzene rings is 1. The zero-order chi connectivity index (χ0) is 13.0. The quantitative estimate of drug-likeness (QED) is 0.896. The normalized spacial score (nSPS) is 10.4. The lowest BCUT2D eigenvalue weighted by atomic mass is 10.1. The van der Waals surface area contributed by atoms with Crippen LogP contribution in [0.2, 0.25) is 0 Å². The van der Waals surface area contributed by atoms with Gasteiger partial charge in [-0.1, -0.05) is 6.07 Å². The molecule has 3 heteroatoms. The van der Waals surface area contributed by atoms with Crippen molar-refractivity contribution in [1.82, 2.24) is 4.98 Å². The third-order valence-corrected chi connectivity index (χ3v) is 2.92. The Morgan fingerprint density at radius 1 is 1.06 bits per heavy atom. The van der Waals surface area contributed by atoms with Crippen molar-refractivity contribution >= 4 is 0 Å². The maximum Gasteiger partial charge on any atom is 0.145 e. The molecule has 0 bridgehead atoms. The van der Waals surface area contributed by atoms with Crippen LogP contribution in [-0.2, 0) is 6.42 Å². The average molecular weight is 242 g/mol. The van der Waals surface area contributed by atoms with Crippen LogP contribution in [0.3, 0.4) is 0 Å². The van der Waals surface area contributed by atoms with E-state index in [2.05, 4.69) is 24.9 Å². The molecule has 0 unspecified atom stereocenters. The van der Waals surface area contributed by atoms with E-state index in [0.29, 0.717) is 6.54 Å². The minimum atomic E-state index is 0.620. The first-order chi connectivity index (χ1) is 8.69. The van der Waals surface area contributed by atoms with E-state index in [9.17, 15) is 0 Å². The second kappa shape index (κ2) is 5.65. The molecule has 1 aromatic carbocycles. The van der Waals surface area contributed by atoms with Crippen LogP contribution in [0.25, 0.3) is 0 Å². The van der Waals surface area contributed by atoms with Crippen LogP contribution in [0, 0.1) is 13.8 Å². The summed E-state index contributed by atoms with van der Waals surface area (Å²) in [6, 6.07) is 8.04. The van der Waals surface area contributed by atoms with E-state index >= 15 is 0 Å². The summed E-state index contributed by atoms with van der Waals surface area (Å²) in [6.45, 7) is 4.78. The van der Waals surface area contributed by atoms with Crippen molar-refractivity contribution in [3.63, 3.8) is 0 Å². The molecule has 0 atom stereocenters. The summed E-state index contributed by atoms with van der Waals surface area (Å²) in [5, 5.41) is 0. The minimum Gasteiger partial charge on any atom is -0.456 e. The van der Waals surface area contributed by atoms with E-state index in [1.165, 1.54) is 11.1 Å². The molecule has 18 heavy (non-hydrogen) atoms. The van der Waals surface area contributed by atoms with Gasteiger partial charge in [0.2, 0.25) is 0 Å². The Labute approximate surface area is 108 Å². The molecule has 0 fully saturated rings. The highest BCUT2D eigenvalue weighted by Crippen LogP contribution is 2.23. The van der Waals surface area contributed by atoms with E-state index < -0.39 is 0 Å². The van der Waals surface area contributed by atoms with Crippen molar-refractivity contribution < 1.29 is 4.74 Å². The van der Waals surface area contributed by atoms with Gasteiger partial charge in [0, 0.05) is 6.20 Å². The third-order valence-electron chi connectivity index (χ3n) is 2.92. The largest absolute Gasteiger partial charge is 0.456 e. The molecule has 1 heterocycles. The highest BCUT2D eigenvalue weighted by atomic mass is 16.5. The van der Waals surface area contributed by atoms with E-state index in [-0.39, 0.29) is 0 Å². The van der Waals surface area contributed by atoms with Crippen LogP contribution in [0.4, 0.5) is 0 Å². The molecule has 0 saturated carbocycles. The summed E-state index contributed by atoms with van der Waals surface area (Å²) in [4.78, 5) is 4.16. The standard InChI is InChI=1S/C15H18N2O/c1-11-3-4-14(7-12(11)2)18-15-8-13(5-6-16)9-17-10-15/h3-4,7-10H,5-6,16H2,1-2H3. The second-order valence-electron chi connectivity index (χ2n) is 4.42. The summed E-state index contributed by atoms with van der Waals surface area (Å²) >= 11 is 0. The molecule has 94 valence electrons. The van der Waals surface area contributed by atoms with E-state index in [0.717, 1.165) is 23.5 Å². The van der Waals surface area contributed by atoms with Gasteiger partial charge < -0.3 is 10.5 Å². The van der Waals surface area contributed by atoms with Crippen LogP contribution in [0.1, 0.15) is 16.7 Å². The predicted octanol–water partition coefficient (Wildman–Crippen LogP) is 2.99. The fraction of sp³-hybridized carbons (Fsp3) is 0.267. The zero-order valence-electron chi connectivity index (χ0n) is 10.8. The summed E-state index contributed by atoms with van der Waals surface area (Å²) in [5.41, 5.74) is 9.11. The van der Waals surface area contributed by atoms with E-state index in [4.69, 9.17) is 10.5 Å². The van der Waals surface area contributed by atoms with Gasteiger partial charge in [-0.15, -0.1) is 0 Å². The van der Waals surface area contributed by atoms with Crippen molar-refractivity contribution in [2.45, 2.75) is 20.3 Å². The zero-order valence-corrected chi connectivity index (χ0v) is 10.8. The number of nitrogens with zero attached hydrogens (tertiary/aromatic N) is 1. The van der Waals surface area contributed by atoms with Gasteiger partial charge in [-0.25, -0.2) is 0 Å². The molecule has 1 aromatic heterocycles. The van der Waals surface area contributed by atoms with Gasteiger partial charge in [-0.2, -0.15) is 0 Å². The molecule has 0 amide bonds. The van der Waals surface area contributed by atoms with Gasteiger partial charge in [0.05, 0.1) is 6.20 Å². The van der Waals surface area contributed by atoms with Crippen molar-refractivity contribution in [3.05, 3.63) is 53.3 Å². The molecule has 2 aromatic rings. The Bertz CT molecular complexity index is 538. The number of ether oxygens (including phenoxy) is 1. The topological polar surface area (TPSA) is 48.1 Å². The first-order valence-electron chi connectivity index (χ1n) is 6.08. The van der Waals surface area contributed by atoms with E-state index in [1.54, 1.807) is 6.20 Å². The van der Waals surface area contributed by atoms with Crippen molar-refractivity contribution in [2.24, 2.45) is 5.73 Å². The number of aryl methyl sites for hydroxylation is 2. The van der Waals surface area contributed by atoms with Crippen LogP contribution in [0.5, 0.6) is 11.5 Å². The maximum atomic E-state index is 5.80. The van der Waals surface area contributed by atoms with Gasteiger partial charge in [0.25, 0.3) is 0 Å². The van der Waals surface area contributed by atoms with Crippen molar-refractivity contribution in [3.8, 4) is 11.5 Å². The van der Waals surface area contributed by atoms with Crippen LogP contribution >= 0.6 is 0 Å². The highest BCUT2D eigenvalue weighted by Gasteiger charge is 2.01. The number of hydrogen-bond donors (Lipinski definition) is 1. The van der Waals surface area contributed by atoms with Gasteiger partial charge in [0.15, 0.2) is 0 Å². The number of aromatic nitrogens is 1. The first-order valence-corrected chi connectivity index (χ1v) is 6.08. The number of rotatable bonds is 4. The van der Waals surface area contributed by atoms with Crippen LogP contribution in [0.15, 0.2) is 36.7 Å². The molecule has 0 radical (unpaired) electrons. The van der Waals surface area contributed by atoms with E-state index in [1.807, 2.05) is 24.4 Å². The summed E-state index contributed by atoms with van der Waals surface area (Å²) < 4.78 is 5.80. The molecular formula is C15H18N2O. The highest BCUT2D eigenvalue weighted by molar-refractivity contribution is 5.37. The smallest absolute Gasteiger partial charge is 0.145 e. The minimum absolute atomic E-state index is 0.620. The predicted molar refractivity (Wildman–Crippen MR) is 73.0 cm³/mol. The Hall–Kier alpha value is -1.87. The second-order valence-corrected chi connectivity index (χ2v) is 4.42. The molecule has 0 aliphatic rings. The number of nitrogens with two attached hydrogens (primary N) is 1. The lowest BCUT2D eigenvalue weighted by Crippen LogP contribution is -2.03. The van der Waals surface area contributed by atoms with Crippen LogP contribution < -0.4 is 10.5 Å². The van der Waals surface area contributed by atoms with Gasteiger partial charge in [-0.05, 0) is 61.7 Å².